The normalized spacial score (nSPS) is 12.0. The van der Waals surface area contributed by atoms with E-state index in [0.29, 0.717) is 21.2 Å². The average Bonchev–Trinajstić information content (AvgIpc) is 2.87. The van der Waals surface area contributed by atoms with Gasteiger partial charge in [-0.3, -0.25) is 0 Å². The van der Waals surface area contributed by atoms with Crippen molar-refractivity contribution in [2.75, 3.05) is 5.73 Å². The minimum atomic E-state index is -4.41. The van der Waals surface area contributed by atoms with Crippen molar-refractivity contribution in [1.29, 1.82) is 0 Å². The molecule has 0 radical (unpaired) electrons. The number of halogens is 4. The summed E-state index contributed by atoms with van der Waals surface area (Å²) in [5.41, 5.74) is 6.73. The van der Waals surface area contributed by atoms with Crippen molar-refractivity contribution in [3.8, 4) is 5.69 Å². The Balaban J connectivity index is 2.15. The SMILES string of the molecule is Nc1ccc2nn(-c3cccc(C(F)(F)F)c3)nc2c1Br. The fourth-order valence-electron chi connectivity index (χ4n) is 1.89. The second kappa shape index (κ2) is 4.73. The topological polar surface area (TPSA) is 56.7 Å². The van der Waals surface area contributed by atoms with Gasteiger partial charge in [0.25, 0.3) is 0 Å². The zero-order valence-electron chi connectivity index (χ0n) is 10.4. The van der Waals surface area contributed by atoms with Crippen LogP contribution in [-0.2, 0) is 6.18 Å². The molecule has 0 aliphatic rings. The molecule has 0 saturated carbocycles. The minimum Gasteiger partial charge on any atom is -0.398 e. The summed E-state index contributed by atoms with van der Waals surface area (Å²) in [5, 5.41) is 8.34. The minimum absolute atomic E-state index is 0.228. The Hall–Kier alpha value is -2.09. The number of rotatable bonds is 1. The lowest BCUT2D eigenvalue weighted by Crippen LogP contribution is -2.07. The molecule has 4 nitrogen and oxygen atoms in total. The van der Waals surface area contributed by atoms with Crippen molar-refractivity contribution in [1.82, 2.24) is 15.0 Å². The number of fused-ring (bicyclic) bond motifs is 1. The highest BCUT2D eigenvalue weighted by atomic mass is 79.9. The summed E-state index contributed by atoms with van der Waals surface area (Å²) in [6.45, 7) is 0. The van der Waals surface area contributed by atoms with Crippen LogP contribution in [0.2, 0.25) is 0 Å². The molecule has 0 aliphatic carbocycles. The van der Waals surface area contributed by atoms with Gasteiger partial charge in [-0.1, -0.05) is 6.07 Å². The molecule has 1 aromatic heterocycles. The zero-order chi connectivity index (χ0) is 15.2. The molecule has 0 fully saturated rings. The van der Waals surface area contributed by atoms with E-state index in [-0.39, 0.29) is 5.69 Å². The van der Waals surface area contributed by atoms with Gasteiger partial charge < -0.3 is 5.73 Å². The lowest BCUT2D eigenvalue weighted by Gasteiger charge is -2.07. The summed E-state index contributed by atoms with van der Waals surface area (Å²) >= 11 is 3.29. The number of benzene rings is 2. The van der Waals surface area contributed by atoms with Crippen molar-refractivity contribution in [3.63, 3.8) is 0 Å². The Morgan fingerprint density at radius 1 is 1.10 bits per heavy atom. The number of nitrogens with zero attached hydrogens (tertiary/aromatic N) is 3. The Morgan fingerprint density at radius 3 is 2.57 bits per heavy atom. The van der Waals surface area contributed by atoms with Crippen LogP contribution in [0.4, 0.5) is 18.9 Å². The van der Waals surface area contributed by atoms with Crippen molar-refractivity contribution < 1.29 is 13.2 Å². The molecule has 21 heavy (non-hydrogen) atoms. The van der Waals surface area contributed by atoms with Gasteiger partial charge in [0.05, 0.1) is 15.7 Å². The van der Waals surface area contributed by atoms with Gasteiger partial charge in [0.1, 0.15) is 11.0 Å². The van der Waals surface area contributed by atoms with Gasteiger partial charge in [0.15, 0.2) is 0 Å². The third-order valence-corrected chi connectivity index (χ3v) is 3.76. The lowest BCUT2D eigenvalue weighted by molar-refractivity contribution is -0.137. The summed E-state index contributed by atoms with van der Waals surface area (Å²) in [7, 11) is 0. The molecule has 0 saturated heterocycles. The zero-order valence-corrected chi connectivity index (χ0v) is 12.0. The maximum absolute atomic E-state index is 12.7. The summed E-state index contributed by atoms with van der Waals surface area (Å²) in [6, 6.07) is 8.13. The molecule has 2 N–H and O–H groups in total. The third kappa shape index (κ3) is 2.46. The Morgan fingerprint density at radius 2 is 1.86 bits per heavy atom. The highest BCUT2D eigenvalue weighted by molar-refractivity contribution is 9.10. The molecule has 3 aromatic rings. The summed E-state index contributed by atoms with van der Waals surface area (Å²) in [4.78, 5) is 1.16. The van der Waals surface area contributed by atoms with E-state index >= 15 is 0 Å². The van der Waals surface area contributed by atoms with E-state index in [9.17, 15) is 13.2 Å². The Bertz CT molecular complexity index is 826. The van der Waals surface area contributed by atoms with Crippen LogP contribution < -0.4 is 5.73 Å². The van der Waals surface area contributed by atoms with Gasteiger partial charge in [-0.2, -0.15) is 18.0 Å². The van der Waals surface area contributed by atoms with E-state index < -0.39 is 11.7 Å². The molecular formula is C13H8BrF3N4. The van der Waals surface area contributed by atoms with Crippen LogP contribution >= 0.6 is 15.9 Å². The van der Waals surface area contributed by atoms with Gasteiger partial charge in [-0.05, 0) is 46.3 Å². The van der Waals surface area contributed by atoms with Crippen LogP contribution in [-0.4, -0.2) is 15.0 Å². The Kier molecular flexibility index (Phi) is 3.12. The maximum Gasteiger partial charge on any atom is 0.416 e. The first-order chi connectivity index (χ1) is 9.86. The van der Waals surface area contributed by atoms with E-state index in [1.807, 2.05) is 0 Å². The second-order valence-electron chi connectivity index (χ2n) is 4.37. The predicted molar refractivity (Wildman–Crippen MR) is 76.0 cm³/mol. The van der Waals surface area contributed by atoms with Gasteiger partial charge in [0.2, 0.25) is 0 Å². The number of nitrogen functional groups attached to an aromatic ring is 1. The van der Waals surface area contributed by atoms with Crippen LogP contribution in [0.15, 0.2) is 40.9 Å². The van der Waals surface area contributed by atoms with Crippen molar-refractivity contribution >= 4 is 32.7 Å². The predicted octanol–water partition coefficient (Wildman–Crippen LogP) is 3.78. The quantitative estimate of drug-likeness (QED) is 0.675. The highest BCUT2D eigenvalue weighted by Crippen LogP contribution is 2.31. The Labute approximate surface area is 125 Å². The first kappa shape index (κ1) is 13.9. The maximum atomic E-state index is 12.7. The molecule has 1 heterocycles. The van der Waals surface area contributed by atoms with Crippen LogP contribution in [0.5, 0.6) is 0 Å². The van der Waals surface area contributed by atoms with Gasteiger partial charge >= 0.3 is 6.18 Å². The number of hydrogen-bond acceptors (Lipinski definition) is 3. The molecule has 0 unspecified atom stereocenters. The number of hydrogen-bond donors (Lipinski definition) is 1. The molecule has 8 heteroatoms. The van der Waals surface area contributed by atoms with E-state index in [2.05, 4.69) is 26.1 Å². The second-order valence-corrected chi connectivity index (χ2v) is 5.17. The highest BCUT2D eigenvalue weighted by Gasteiger charge is 2.30. The standard InChI is InChI=1S/C13H8BrF3N4/c14-11-9(18)4-5-10-12(11)20-21(19-10)8-3-1-2-7(6-8)13(15,16)17/h1-6H,18H2. The number of nitrogens with two attached hydrogens (primary N) is 1. The van der Waals surface area contributed by atoms with E-state index in [1.165, 1.54) is 12.1 Å². The van der Waals surface area contributed by atoms with Crippen LogP contribution in [0.3, 0.4) is 0 Å². The van der Waals surface area contributed by atoms with Crippen molar-refractivity contribution in [3.05, 3.63) is 46.4 Å². The first-order valence-corrected chi connectivity index (χ1v) is 6.64. The van der Waals surface area contributed by atoms with E-state index in [0.717, 1.165) is 16.9 Å². The van der Waals surface area contributed by atoms with E-state index in [4.69, 9.17) is 5.73 Å². The molecule has 0 amide bonds. The molecule has 3 rings (SSSR count). The van der Waals surface area contributed by atoms with Crippen molar-refractivity contribution in [2.45, 2.75) is 6.18 Å². The summed E-state index contributed by atoms with van der Waals surface area (Å²) in [6.07, 6.45) is -4.41. The average molecular weight is 357 g/mol. The summed E-state index contributed by atoms with van der Waals surface area (Å²) < 4.78 is 38.8. The fourth-order valence-corrected chi connectivity index (χ4v) is 2.30. The first-order valence-electron chi connectivity index (χ1n) is 5.85. The molecule has 0 aliphatic heterocycles. The molecule has 0 atom stereocenters. The molecular weight excluding hydrogens is 349 g/mol. The van der Waals surface area contributed by atoms with Gasteiger partial charge in [0, 0.05) is 5.69 Å². The molecule has 2 aromatic carbocycles. The van der Waals surface area contributed by atoms with Crippen molar-refractivity contribution in [2.24, 2.45) is 0 Å². The molecule has 0 spiro atoms. The van der Waals surface area contributed by atoms with Gasteiger partial charge in [-0.15, -0.1) is 10.2 Å². The smallest absolute Gasteiger partial charge is 0.398 e. The summed E-state index contributed by atoms with van der Waals surface area (Å²) in [5.74, 6) is 0. The van der Waals surface area contributed by atoms with E-state index in [1.54, 1.807) is 12.1 Å². The third-order valence-electron chi connectivity index (χ3n) is 2.93. The molecule has 0 bridgehead atoms. The monoisotopic (exact) mass is 356 g/mol. The van der Waals surface area contributed by atoms with Crippen LogP contribution in [0.25, 0.3) is 16.7 Å². The van der Waals surface area contributed by atoms with Crippen LogP contribution in [0.1, 0.15) is 5.56 Å². The number of alkyl halides is 3. The number of anilines is 1. The molecule has 108 valence electrons. The fraction of sp³-hybridized carbons (Fsp3) is 0.0769. The number of aromatic nitrogens is 3. The largest absolute Gasteiger partial charge is 0.416 e. The van der Waals surface area contributed by atoms with Gasteiger partial charge in [-0.25, -0.2) is 0 Å². The lowest BCUT2D eigenvalue weighted by atomic mass is 10.2. The van der Waals surface area contributed by atoms with Crippen LogP contribution in [0, 0.1) is 0 Å².